The van der Waals surface area contributed by atoms with E-state index in [-0.39, 0.29) is 0 Å². The predicted molar refractivity (Wildman–Crippen MR) is 53.3 cm³/mol. The Hall–Kier alpha value is -1.25. The Morgan fingerprint density at radius 2 is 1.92 bits per heavy atom. The molecule has 0 bridgehead atoms. The predicted octanol–water partition coefficient (Wildman–Crippen LogP) is 2.60. The van der Waals surface area contributed by atoms with Crippen molar-refractivity contribution in [2.75, 3.05) is 0 Å². The molecule has 0 radical (unpaired) electrons. The Bertz CT molecular complexity index is 211. The summed E-state index contributed by atoms with van der Waals surface area (Å²) in [5, 5.41) is 2.48. The molecule has 0 aromatic carbocycles. The van der Waals surface area contributed by atoms with Gasteiger partial charge in [-0.3, -0.25) is 5.32 Å². The number of hydrogen-bond donors (Lipinski definition) is 1. The van der Waals surface area contributed by atoms with Crippen LogP contribution in [0, 0.1) is 0 Å². The molecule has 0 saturated carbocycles. The monoisotopic (exact) mass is 183 g/mol. The average Bonchev–Trinajstić information content (AvgIpc) is 1.94. The fourth-order valence-corrected chi connectivity index (χ4v) is 0.590. The van der Waals surface area contributed by atoms with Gasteiger partial charge >= 0.3 is 6.09 Å². The van der Waals surface area contributed by atoms with Gasteiger partial charge in [0, 0.05) is 6.20 Å². The van der Waals surface area contributed by atoms with Crippen LogP contribution in [0.25, 0.3) is 0 Å². The largest absolute Gasteiger partial charge is 0.444 e. The minimum atomic E-state index is -0.446. The summed E-state index contributed by atoms with van der Waals surface area (Å²) in [4.78, 5) is 11.0. The summed E-state index contributed by atoms with van der Waals surface area (Å²) in [5.74, 6) is 0. The van der Waals surface area contributed by atoms with Gasteiger partial charge in [-0.15, -0.1) is 0 Å². The first-order chi connectivity index (χ1) is 5.95. The van der Waals surface area contributed by atoms with Gasteiger partial charge in [0.2, 0.25) is 0 Å². The molecule has 0 unspecified atom stereocenters. The summed E-state index contributed by atoms with van der Waals surface area (Å²) in [6.45, 7) is 7.37. The molecule has 1 N–H and O–H groups in total. The van der Waals surface area contributed by atoms with E-state index in [2.05, 4.69) is 5.32 Å². The van der Waals surface area contributed by atoms with Crippen molar-refractivity contribution in [3.63, 3.8) is 0 Å². The number of ether oxygens (including phenoxy) is 1. The zero-order chi connectivity index (χ0) is 10.3. The average molecular weight is 183 g/mol. The topological polar surface area (TPSA) is 38.3 Å². The maximum atomic E-state index is 11.0. The van der Waals surface area contributed by atoms with E-state index in [1.54, 1.807) is 6.08 Å². The first-order valence-electron chi connectivity index (χ1n) is 4.23. The molecule has 0 spiro atoms. The van der Waals surface area contributed by atoms with Crippen molar-refractivity contribution in [2.45, 2.75) is 33.3 Å². The Morgan fingerprint density at radius 1 is 1.31 bits per heavy atom. The van der Waals surface area contributed by atoms with Gasteiger partial charge < -0.3 is 4.74 Å². The number of rotatable bonds is 2. The fourth-order valence-electron chi connectivity index (χ4n) is 0.590. The van der Waals surface area contributed by atoms with Crippen LogP contribution in [-0.2, 0) is 4.74 Å². The third-order valence-corrected chi connectivity index (χ3v) is 1.000. The van der Waals surface area contributed by atoms with Crippen LogP contribution in [0.4, 0.5) is 4.79 Å². The van der Waals surface area contributed by atoms with Crippen LogP contribution in [0.3, 0.4) is 0 Å². The minimum absolute atomic E-state index is 0.437. The summed E-state index contributed by atoms with van der Waals surface area (Å²) in [5.41, 5.74) is -0.446. The molecule has 0 heterocycles. The molecule has 0 saturated heterocycles. The van der Waals surface area contributed by atoms with E-state index in [1.807, 2.05) is 39.8 Å². The molecular formula is C10H17NO2. The van der Waals surface area contributed by atoms with Crippen LogP contribution in [-0.4, -0.2) is 11.7 Å². The third kappa shape index (κ3) is 8.66. The standard InChI is InChI=1S/C10H17NO2/c1-5-6-7-8-11-9(12)13-10(2,3)4/h5-8H,1-4H3,(H,11,12)/b6-5-,8-7+. The van der Waals surface area contributed by atoms with Crippen LogP contribution < -0.4 is 5.32 Å². The smallest absolute Gasteiger partial charge is 0.411 e. The molecule has 3 heteroatoms. The van der Waals surface area contributed by atoms with E-state index in [0.29, 0.717) is 0 Å². The van der Waals surface area contributed by atoms with E-state index >= 15 is 0 Å². The molecular weight excluding hydrogens is 166 g/mol. The Kier molecular flexibility index (Phi) is 4.89. The lowest BCUT2D eigenvalue weighted by molar-refractivity contribution is 0.0552. The number of amides is 1. The van der Waals surface area contributed by atoms with Gasteiger partial charge in [-0.05, 0) is 33.8 Å². The molecule has 1 amide bonds. The Morgan fingerprint density at radius 3 is 2.38 bits per heavy atom. The van der Waals surface area contributed by atoms with Gasteiger partial charge in [0.05, 0.1) is 0 Å². The van der Waals surface area contributed by atoms with E-state index in [0.717, 1.165) is 0 Å². The summed E-state index contributed by atoms with van der Waals surface area (Å²) < 4.78 is 4.99. The van der Waals surface area contributed by atoms with Crippen LogP contribution in [0.1, 0.15) is 27.7 Å². The number of alkyl carbamates (subject to hydrolysis) is 1. The molecule has 0 aromatic rings. The zero-order valence-corrected chi connectivity index (χ0v) is 8.63. The number of hydrogen-bond acceptors (Lipinski definition) is 2. The van der Waals surface area contributed by atoms with Crippen LogP contribution in [0.5, 0.6) is 0 Å². The van der Waals surface area contributed by atoms with Gasteiger partial charge in [0.15, 0.2) is 0 Å². The maximum Gasteiger partial charge on any atom is 0.411 e. The van der Waals surface area contributed by atoms with Gasteiger partial charge in [-0.2, -0.15) is 0 Å². The molecule has 74 valence electrons. The molecule has 0 aromatic heterocycles. The van der Waals surface area contributed by atoms with Crippen molar-refractivity contribution in [2.24, 2.45) is 0 Å². The van der Waals surface area contributed by atoms with E-state index in [9.17, 15) is 4.79 Å². The Balaban J connectivity index is 3.76. The van der Waals surface area contributed by atoms with E-state index in [1.165, 1.54) is 6.20 Å². The quantitative estimate of drug-likeness (QED) is 0.668. The summed E-state index contributed by atoms with van der Waals surface area (Å²) in [7, 11) is 0. The van der Waals surface area contributed by atoms with Crippen molar-refractivity contribution in [3.05, 3.63) is 24.4 Å². The number of carbonyl (C=O) groups excluding carboxylic acids is 1. The molecule has 0 rings (SSSR count). The number of carbonyl (C=O) groups is 1. The molecule has 0 aliphatic carbocycles. The molecule has 0 atom stereocenters. The van der Waals surface area contributed by atoms with Gasteiger partial charge in [-0.1, -0.05) is 12.2 Å². The maximum absolute atomic E-state index is 11.0. The summed E-state index contributed by atoms with van der Waals surface area (Å²) >= 11 is 0. The van der Waals surface area contributed by atoms with Crippen LogP contribution >= 0.6 is 0 Å². The third-order valence-electron chi connectivity index (χ3n) is 1.000. The minimum Gasteiger partial charge on any atom is -0.444 e. The van der Waals surface area contributed by atoms with Gasteiger partial charge in [-0.25, -0.2) is 4.79 Å². The second-order valence-corrected chi connectivity index (χ2v) is 3.53. The van der Waals surface area contributed by atoms with Crippen LogP contribution in [0.2, 0.25) is 0 Å². The highest BCUT2D eigenvalue weighted by Gasteiger charge is 2.14. The highest BCUT2D eigenvalue weighted by atomic mass is 16.6. The van der Waals surface area contributed by atoms with Crippen LogP contribution in [0.15, 0.2) is 24.4 Å². The van der Waals surface area contributed by atoms with Crippen molar-refractivity contribution in [1.29, 1.82) is 0 Å². The molecule has 3 nitrogen and oxygen atoms in total. The first-order valence-corrected chi connectivity index (χ1v) is 4.23. The normalized spacial score (nSPS) is 12.3. The second-order valence-electron chi connectivity index (χ2n) is 3.53. The highest BCUT2D eigenvalue weighted by molar-refractivity contribution is 5.68. The Labute approximate surface area is 79.5 Å². The van der Waals surface area contributed by atoms with E-state index in [4.69, 9.17) is 4.74 Å². The molecule has 13 heavy (non-hydrogen) atoms. The van der Waals surface area contributed by atoms with Crippen molar-refractivity contribution >= 4 is 6.09 Å². The molecule has 0 aliphatic heterocycles. The number of nitrogens with one attached hydrogen (secondary N) is 1. The molecule has 0 aliphatic rings. The van der Waals surface area contributed by atoms with E-state index < -0.39 is 11.7 Å². The summed E-state index contributed by atoms with van der Waals surface area (Å²) in [6, 6.07) is 0. The molecule has 0 fully saturated rings. The fraction of sp³-hybridized carbons (Fsp3) is 0.500. The number of allylic oxidation sites excluding steroid dienone is 3. The van der Waals surface area contributed by atoms with Crippen molar-refractivity contribution in [1.82, 2.24) is 5.32 Å². The summed E-state index contributed by atoms with van der Waals surface area (Å²) in [6.07, 6.45) is 6.51. The van der Waals surface area contributed by atoms with Gasteiger partial charge in [0.1, 0.15) is 5.60 Å². The lowest BCUT2D eigenvalue weighted by Crippen LogP contribution is -2.29. The highest BCUT2D eigenvalue weighted by Crippen LogP contribution is 2.06. The lowest BCUT2D eigenvalue weighted by Gasteiger charge is -2.18. The van der Waals surface area contributed by atoms with Gasteiger partial charge in [0.25, 0.3) is 0 Å². The SMILES string of the molecule is C/C=C\C=C\NC(=O)OC(C)(C)C. The lowest BCUT2D eigenvalue weighted by atomic mass is 10.2. The van der Waals surface area contributed by atoms with Crippen molar-refractivity contribution in [3.8, 4) is 0 Å². The zero-order valence-electron chi connectivity index (χ0n) is 8.63. The first kappa shape index (κ1) is 11.8. The van der Waals surface area contributed by atoms with Crippen molar-refractivity contribution < 1.29 is 9.53 Å². The second kappa shape index (κ2) is 5.41.